The summed E-state index contributed by atoms with van der Waals surface area (Å²) in [5.74, 6) is 0.531. The largest absolute Gasteiger partial charge is 0.496 e. The van der Waals surface area contributed by atoms with Gasteiger partial charge in [-0.15, -0.1) is 0 Å². The molecule has 2 aromatic carbocycles. The number of nitrogens with zero attached hydrogens (tertiary/aromatic N) is 2. The van der Waals surface area contributed by atoms with Crippen molar-refractivity contribution >= 4 is 22.7 Å². The molecule has 28 heavy (non-hydrogen) atoms. The normalized spacial score (nSPS) is 20.1. The van der Waals surface area contributed by atoms with Gasteiger partial charge < -0.3 is 4.74 Å². The van der Waals surface area contributed by atoms with Gasteiger partial charge in [-0.2, -0.15) is 5.10 Å². The topological polar surface area (TPSA) is 41.9 Å². The van der Waals surface area contributed by atoms with Gasteiger partial charge in [0.2, 0.25) is 5.91 Å². The minimum Gasteiger partial charge on any atom is -0.496 e. The molecule has 0 radical (unpaired) electrons. The Bertz CT molecular complexity index is 878. The van der Waals surface area contributed by atoms with E-state index in [0.29, 0.717) is 0 Å². The third-order valence-electron chi connectivity index (χ3n) is 5.32. The van der Waals surface area contributed by atoms with E-state index in [9.17, 15) is 9.18 Å². The van der Waals surface area contributed by atoms with E-state index < -0.39 is 0 Å². The highest BCUT2D eigenvalue weighted by Gasteiger charge is 2.38. The Morgan fingerprint density at radius 2 is 1.82 bits per heavy atom. The Morgan fingerprint density at radius 3 is 2.54 bits per heavy atom. The molecule has 6 heteroatoms. The number of para-hydroxylation sites is 1. The van der Waals surface area contributed by atoms with Gasteiger partial charge in [-0.1, -0.05) is 49.2 Å². The second kappa shape index (κ2) is 8.35. The van der Waals surface area contributed by atoms with Crippen molar-refractivity contribution in [2.75, 3.05) is 7.11 Å². The summed E-state index contributed by atoms with van der Waals surface area (Å²) >= 11 is 1.51. The molecule has 0 bridgehead atoms. The molecule has 146 valence electrons. The van der Waals surface area contributed by atoms with Crippen LogP contribution in [0.2, 0.25) is 0 Å². The number of hydrazone groups is 1. The number of ether oxygens (including phenoxy) is 1. The Balaban J connectivity index is 1.69. The Labute approximate surface area is 168 Å². The second-order valence-corrected chi connectivity index (χ2v) is 8.21. The van der Waals surface area contributed by atoms with Gasteiger partial charge in [0, 0.05) is 17.0 Å². The molecule has 1 aliphatic heterocycles. The Kier molecular flexibility index (Phi) is 5.67. The number of methoxy groups -OCH3 is 1. The third-order valence-corrected chi connectivity index (χ3v) is 6.54. The van der Waals surface area contributed by atoms with Crippen molar-refractivity contribution in [3.05, 3.63) is 65.5 Å². The number of carbonyl (C=O) groups excluding carboxylic acids is 1. The van der Waals surface area contributed by atoms with Gasteiger partial charge >= 0.3 is 0 Å². The van der Waals surface area contributed by atoms with E-state index in [0.717, 1.165) is 47.6 Å². The standard InChI is InChI=1S/C22H23FN2O2S/c1-27-19-10-6-5-9-18(19)22-25(21(26)16-7-3-2-4-8-16)24-20(28-22)15-11-13-17(23)14-12-15/h5-6,9-14,16,22H,2-4,7-8H2,1H3. The zero-order chi connectivity index (χ0) is 19.5. The van der Waals surface area contributed by atoms with Gasteiger partial charge in [0.05, 0.1) is 7.11 Å². The molecule has 0 aromatic heterocycles. The molecule has 2 aromatic rings. The number of rotatable bonds is 4. The van der Waals surface area contributed by atoms with Crippen molar-refractivity contribution < 1.29 is 13.9 Å². The number of thioether (sulfide) groups is 1. The molecule has 0 spiro atoms. The lowest BCUT2D eigenvalue weighted by molar-refractivity contribution is -0.137. The number of hydrogen-bond donors (Lipinski definition) is 0. The first kappa shape index (κ1) is 19.0. The fraction of sp³-hybridized carbons (Fsp3) is 0.364. The summed E-state index contributed by atoms with van der Waals surface area (Å²) in [6.07, 6.45) is 5.20. The molecule has 1 atom stereocenters. The van der Waals surface area contributed by atoms with Crippen molar-refractivity contribution in [2.45, 2.75) is 37.5 Å². The van der Waals surface area contributed by atoms with E-state index >= 15 is 0 Å². The van der Waals surface area contributed by atoms with E-state index in [1.165, 1.54) is 30.3 Å². The van der Waals surface area contributed by atoms with Crippen molar-refractivity contribution in [2.24, 2.45) is 11.0 Å². The van der Waals surface area contributed by atoms with E-state index in [2.05, 4.69) is 5.10 Å². The summed E-state index contributed by atoms with van der Waals surface area (Å²) in [6.45, 7) is 0. The van der Waals surface area contributed by atoms with E-state index in [1.54, 1.807) is 24.3 Å². The quantitative estimate of drug-likeness (QED) is 0.697. The lowest BCUT2D eigenvalue weighted by Crippen LogP contribution is -2.33. The molecule has 4 nitrogen and oxygen atoms in total. The van der Waals surface area contributed by atoms with Crippen LogP contribution in [-0.2, 0) is 4.79 Å². The van der Waals surface area contributed by atoms with Crippen LogP contribution < -0.4 is 4.74 Å². The summed E-state index contributed by atoms with van der Waals surface area (Å²) in [7, 11) is 1.63. The lowest BCUT2D eigenvalue weighted by atomic mass is 9.88. The monoisotopic (exact) mass is 398 g/mol. The SMILES string of the molecule is COc1ccccc1C1SC(c2ccc(F)cc2)=NN1C(=O)C1CCCCC1. The Hall–Kier alpha value is -2.34. The van der Waals surface area contributed by atoms with Crippen LogP contribution >= 0.6 is 11.8 Å². The van der Waals surface area contributed by atoms with E-state index in [1.807, 2.05) is 24.3 Å². The highest BCUT2D eigenvalue weighted by atomic mass is 32.2. The number of halogens is 1. The van der Waals surface area contributed by atoms with Gasteiger partial charge in [-0.3, -0.25) is 4.79 Å². The van der Waals surface area contributed by atoms with Crippen LogP contribution in [0, 0.1) is 11.7 Å². The molecule has 0 saturated heterocycles. The first-order valence-electron chi connectivity index (χ1n) is 9.64. The van der Waals surface area contributed by atoms with Crippen LogP contribution in [0.1, 0.15) is 48.6 Å². The van der Waals surface area contributed by atoms with Crippen molar-refractivity contribution in [3.63, 3.8) is 0 Å². The van der Waals surface area contributed by atoms with E-state index in [4.69, 9.17) is 4.74 Å². The summed E-state index contributed by atoms with van der Waals surface area (Å²) in [6, 6.07) is 14.0. The zero-order valence-corrected chi connectivity index (χ0v) is 16.6. The maximum atomic E-state index is 13.3. The molecule has 1 unspecified atom stereocenters. The smallest absolute Gasteiger partial charge is 0.247 e. The van der Waals surface area contributed by atoms with Gasteiger partial charge in [0.15, 0.2) is 0 Å². The molecule has 1 amide bonds. The van der Waals surface area contributed by atoms with Crippen LogP contribution in [0.3, 0.4) is 0 Å². The summed E-state index contributed by atoms with van der Waals surface area (Å²) in [4.78, 5) is 13.3. The molecule has 1 aliphatic carbocycles. The number of amides is 1. The molecule has 1 fully saturated rings. The van der Waals surface area contributed by atoms with Crippen LogP contribution in [0.4, 0.5) is 4.39 Å². The average Bonchev–Trinajstić information content (AvgIpc) is 3.19. The van der Waals surface area contributed by atoms with Gasteiger partial charge in [-0.25, -0.2) is 9.40 Å². The van der Waals surface area contributed by atoms with Gasteiger partial charge in [-0.05, 0) is 43.2 Å². The minimum absolute atomic E-state index is 0.0166. The van der Waals surface area contributed by atoms with Gasteiger partial charge in [0.25, 0.3) is 0 Å². The zero-order valence-electron chi connectivity index (χ0n) is 15.8. The van der Waals surface area contributed by atoms with E-state index in [-0.39, 0.29) is 23.0 Å². The molecule has 1 saturated carbocycles. The maximum absolute atomic E-state index is 13.3. The fourth-order valence-electron chi connectivity index (χ4n) is 3.81. The van der Waals surface area contributed by atoms with Crippen molar-refractivity contribution in [3.8, 4) is 5.75 Å². The average molecular weight is 399 g/mol. The Morgan fingerprint density at radius 1 is 1.11 bits per heavy atom. The van der Waals surface area contributed by atoms with Crippen LogP contribution in [-0.4, -0.2) is 23.1 Å². The molecule has 4 rings (SSSR count). The summed E-state index contributed by atoms with van der Waals surface area (Å²) < 4.78 is 18.9. The number of benzene rings is 2. The van der Waals surface area contributed by atoms with Crippen molar-refractivity contribution in [1.82, 2.24) is 5.01 Å². The molecule has 2 aliphatic rings. The summed E-state index contributed by atoms with van der Waals surface area (Å²) in [5, 5.41) is 6.74. The fourth-order valence-corrected chi connectivity index (χ4v) is 5.01. The van der Waals surface area contributed by atoms with Crippen molar-refractivity contribution in [1.29, 1.82) is 0 Å². The molecule has 0 N–H and O–H groups in total. The molecular formula is C22H23FN2O2S. The first-order valence-corrected chi connectivity index (χ1v) is 10.5. The van der Waals surface area contributed by atoms with Crippen LogP contribution in [0.5, 0.6) is 5.75 Å². The highest BCUT2D eigenvalue weighted by Crippen LogP contribution is 2.45. The maximum Gasteiger partial charge on any atom is 0.247 e. The molecule has 1 heterocycles. The second-order valence-electron chi connectivity index (χ2n) is 7.14. The third kappa shape index (κ3) is 3.78. The predicted molar refractivity (Wildman–Crippen MR) is 110 cm³/mol. The van der Waals surface area contributed by atoms with Gasteiger partial charge in [0.1, 0.15) is 22.0 Å². The minimum atomic E-state index is -0.288. The number of carbonyl (C=O) groups is 1. The van der Waals surface area contributed by atoms with Crippen LogP contribution in [0.25, 0.3) is 0 Å². The lowest BCUT2D eigenvalue weighted by Gasteiger charge is -2.28. The van der Waals surface area contributed by atoms with Crippen LogP contribution in [0.15, 0.2) is 53.6 Å². The summed E-state index contributed by atoms with van der Waals surface area (Å²) in [5.41, 5.74) is 1.73. The highest BCUT2D eigenvalue weighted by molar-refractivity contribution is 8.14. The molecular weight excluding hydrogens is 375 g/mol. The predicted octanol–water partition coefficient (Wildman–Crippen LogP) is 5.35. The first-order chi connectivity index (χ1) is 13.7. The number of hydrogen-bond acceptors (Lipinski definition) is 4.